The molecule has 1 unspecified atom stereocenters. The van der Waals surface area contributed by atoms with Crippen LogP contribution in [0.2, 0.25) is 0 Å². The van der Waals surface area contributed by atoms with Crippen LogP contribution in [0.15, 0.2) is 60.7 Å². The summed E-state index contributed by atoms with van der Waals surface area (Å²) >= 11 is 1.78. The molecule has 1 atom stereocenters. The van der Waals surface area contributed by atoms with E-state index in [9.17, 15) is 9.59 Å². The molecule has 2 aliphatic rings. The summed E-state index contributed by atoms with van der Waals surface area (Å²) in [7, 11) is 3.40. The second-order valence-electron chi connectivity index (χ2n) is 11.3. The van der Waals surface area contributed by atoms with Gasteiger partial charge < -0.3 is 15.0 Å². The molecule has 0 radical (unpaired) electrons. The summed E-state index contributed by atoms with van der Waals surface area (Å²) in [6.07, 6.45) is 4.44. The van der Waals surface area contributed by atoms with Crippen molar-refractivity contribution in [2.24, 2.45) is 0 Å². The van der Waals surface area contributed by atoms with Crippen LogP contribution in [0.4, 0.5) is 5.69 Å². The molecule has 0 bridgehead atoms. The van der Waals surface area contributed by atoms with E-state index < -0.39 is 6.04 Å². The van der Waals surface area contributed by atoms with E-state index in [0.29, 0.717) is 12.8 Å². The van der Waals surface area contributed by atoms with E-state index in [0.717, 1.165) is 30.0 Å². The number of fused-ring (bicyclic) bond motifs is 1. The van der Waals surface area contributed by atoms with Gasteiger partial charge in [0.1, 0.15) is 11.8 Å². The Bertz CT molecular complexity index is 1590. The van der Waals surface area contributed by atoms with Crippen molar-refractivity contribution >= 4 is 38.9 Å². The van der Waals surface area contributed by atoms with E-state index in [-0.39, 0.29) is 11.8 Å². The van der Waals surface area contributed by atoms with Gasteiger partial charge in [0, 0.05) is 35.3 Å². The second-order valence-corrected chi connectivity index (χ2v) is 12.4. The van der Waals surface area contributed by atoms with Crippen molar-refractivity contribution < 1.29 is 14.3 Å². The summed E-state index contributed by atoms with van der Waals surface area (Å²) in [5.74, 6) is 0.738. The summed E-state index contributed by atoms with van der Waals surface area (Å²) < 4.78 is 6.72. The number of nitrogens with one attached hydrogen (secondary N) is 1. The molecule has 2 saturated heterocycles. The molecule has 41 heavy (non-hydrogen) atoms. The highest BCUT2D eigenvalue weighted by molar-refractivity contribution is 7.22. The van der Waals surface area contributed by atoms with Crippen molar-refractivity contribution in [1.82, 2.24) is 9.80 Å². The molecule has 0 spiro atoms. The van der Waals surface area contributed by atoms with Crippen LogP contribution in [0.5, 0.6) is 5.75 Å². The monoisotopic (exact) mass is 567 g/mol. The molecule has 2 aliphatic heterocycles. The van der Waals surface area contributed by atoms with Crippen molar-refractivity contribution in [3.05, 3.63) is 82.9 Å². The zero-order valence-electron chi connectivity index (χ0n) is 24.0. The summed E-state index contributed by atoms with van der Waals surface area (Å²) in [5, 5.41) is 4.24. The van der Waals surface area contributed by atoms with Crippen LogP contribution < -0.4 is 10.1 Å². The van der Waals surface area contributed by atoms with Crippen molar-refractivity contribution in [2.75, 3.05) is 32.6 Å². The number of carbonyl (C=O) groups is 2. The molecular weight excluding hydrogens is 530 g/mol. The first kappa shape index (κ1) is 27.5. The van der Waals surface area contributed by atoms with Crippen molar-refractivity contribution in [1.29, 1.82) is 0 Å². The van der Waals surface area contributed by atoms with Gasteiger partial charge in [0.15, 0.2) is 0 Å². The Balaban J connectivity index is 1.27. The molecular formula is C34H37N3O3S. The minimum Gasteiger partial charge on any atom is -0.497 e. The maximum absolute atomic E-state index is 12.8. The number of likely N-dealkylation sites (tertiary alicyclic amines) is 2. The van der Waals surface area contributed by atoms with Crippen LogP contribution in [0, 0.1) is 6.92 Å². The van der Waals surface area contributed by atoms with Crippen molar-refractivity contribution in [2.45, 2.75) is 51.6 Å². The molecule has 1 aromatic heterocycles. The molecule has 0 aliphatic carbocycles. The summed E-state index contributed by atoms with van der Waals surface area (Å²) in [5.41, 5.74) is 7.24. The Hall–Kier alpha value is -3.68. The van der Waals surface area contributed by atoms with Crippen LogP contribution in [0.1, 0.15) is 47.9 Å². The molecule has 212 valence electrons. The number of anilines is 1. The number of methoxy groups -OCH3 is 1. The fourth-order valence-corrected chi connectivity index (χ4v) is 7.39. The van der Waals surface area contributed by atoms with E-state index in [1.165, 1.54) is 63.1 Å². The lowest BCUT2D eigenvalue weighted by atomic mass is 9.96. The fourth-order valence-electron chi connectivity index (χ4n) is 6.14. The quantitative estimate of drug-likeness (QED) is 0.260. The van der Waals surface area contributed by atoms with Gasteiger partial charge in [-0.25, -0.2) is 0 Å². The molecule has 1 N–H and O–H groups in total. The number of amides is 2. The minimum atomic E-state index is -0.406. The lowest BCUT2D eigenvalue weighted by Gasteiger charge is -2.19. The highest BCUT2D eigenvalue weighted by Crippen LogP contribution is 2.41. The number of ether oxygens (including phenoxy) is 1. The largest absolute Gasteiger partial charge is 0.497 e. The first-order valence-corrected chi connectivity index (χ1v) is 15.3. The SMILES string of the molecule is COc1ccc2c(Cc3ccc(CN4CCCC4)c(C)c3)c(-c3ccc(NC(=O)C4CCC(=O)N4C)cc3)sc2c1. The minimum absolute atomic E-state index is 0.0193. The van der Waals surface area contributed by atoms with Gasteiger partial charge >= 0.3 is 0 Å². The lowest BCUT2D eigenvalue weighted by Crippen LogP contribution is -2.38. The smallest absolute Gasteiger partial charge is 0.247 e. The Labute approximate surface area is 245 Å². The predicted molar refractivity (Wildman–Crippen MR) is 167 cm³/mol. The van der Waals surface area contributed by atoms with E-state index in [1.54, 1.807) is 30.4 Å². The van der Waals surface area contributed by atoms with E-state index in [2.05, 4.69) is 59.6 Å². The normalized spacial score (nSPS) is 17.5. The molecule has 2 fully saturated rings. The third kappa shape index (κ3) is 5.74. The van der Waals surface area contributed by atoms with Gasteiger partial charge in [0.05, 0.1) is 7.11 Å². The Kier molecular flexibility index (Phi) is 7.82. The van der Waals surface area contributed by atoms with Gasteiger partial charge in [0.25, 0.3) is 0 Å². The van der Waals surface area contributed by atoms with Gasteiger partial charge in [0.2, 0.25) is 11.8 Å². The van der Waals surface area contributed by atoms with Gasteiger partial charge in [-0.15, -0.1) is 11.3 Å². The Morgan fingerprint density at radius 3 is 2.51 bits per heavy atom. The maximum Gasteiger partial charge on any atom is 0.247 e. The molecule has 3 heterocycles. The number of hydrogen-bond donors (Lipinski definition) is 1. The van der Waals surface area contributed by atoms with Crippen LogP contribution in [0.3, 0.4) is 0 Å². The van der Waals surface area contributed by atoms with E-state index in [1.807, 2.05) is 18.2 Å². The summed E-state index contributed by atoms with van der Waals surface area (Å²) in [6.45, 7) is 5.68. The van der Waals surface area contributed by atoms with Gasteiger partial charge in [-0.3, -0.25) is 14.5 Å². The standard InChI is InChI=1S/C34H37N3O3S/c1-22-18-23(6-7-25(22)21-37-16-4-5-17-37)19-29-28-13-12-27(40-3)20-31(28)41-33(29)24-8-10-26(11-9-24)35-34(39)30-14-15-32(38)36(30)2/h6-13,18,20,30H,4-5,14-17,19,21H2,1-3H3,(H,35,39). The topological polar surface area (TPSA) is 61.9 Å². The van der Waals surface area contributed by atoms with Gasteiger partial charge in [-0.05, 0) is 109 Å². The number of benzene rings is 3. The number of nitrogens with zero attached hydrogens (tertiary/aromatic N) is 2. The summed E-state index contributed by atoms with van der Waals surface area (Å²) in [6, 6.07) is 20.9. The zero-order valence-corrected chi connectivity index (χ0v) is 24.9. The van der Waals surface area contributed by atoms with Crippen LogP contribution in [-0.4, -0.2) is 54.9 Å². The third-order valence-corrected chi connectivity index (χ3v) is 9.83. The van der Waals surface area contributed by atoms with Gasteiger partial charge in [-0.2, -0.15) is 0 Å². The Morgan fingerprint density at radius 2 is 1.83 bits per heavy atom. The zero-order chi connectivity index (χ0) is 28.5. The number of hydrogen-bond acceptors (Lipinski definition) is 5. The highest BCUT2D eigenvalue weighted by atomic mass is 32.1. The molecule has 0 saturated carbocycles. The Morgan fingerprint density at radius 1 is 1.05 bits per heavy atom. The summed E-state index contributed by atoms with van der Waals surface area (Å²) in [4.78, 5) is 30.0. The second kappa shape index (κ2) is 11.7. The first-order chi connectivity index (χ1) is 19.9. The predicted octanol–water partition coefficient (Wildman–Crippen LogP) is 6.63. The number of likely N-dealkylation sites (N-methyl/N-ethyl adjacent to an activating group) is 1. The third-order valence-electron chi connectivity index (χ3n) is 8.59. The number of thiophene rings is 1. The molecule has 6 rings (SSSR count). The maximum atomic E-state index is 12.8. The number of aryl methyl sites for hydroxylation is 1. The molecule has 6 nitrogen and oxygen atoms in total. The average Bonchev–Trinajstić information content (AvgIpc) is 3.70. The lowest BCUT2D eigenvalue weighted by molar-refractivity contribution is -0.131. The molecule has 3 aromatic carbocycles. The van der Waals surface area contributed by atoms with Crippen LogP contribution in [-0.2, 0) is 22.6 Å². The molecule has 7 heteroatoms. The first-order valence-electron chi connectivity index (χ1n) is 14.5. The van der Waals surface area contributed by atoms with Gasteiger partial charge in [-0.1, -0.05) is 30.3 Å². The average molecular weight is 568 g/mol. The number of rotatable bonds is 8. The molecule has 4 aromatic rings. The van der Waals surface area contributed by atoms with E-state index in [4.69, 9.17) is 4.74 Å². The van der Waals surface area contributed by atoms with Crippen LogP contribution >= 0.6 is 11.3 Å². The fraction of sp³-hybridized carbons (Fsp3) is 0.353. The van der Waals surface area contributed by atoms with Crippen molar-refractivity contribution in [3.63, 3.8) is 0 Å². The van der Waals surface area contributed by atoms with Crippen LogP contribution in [0.25, 0.3) is 20.5 Å². The highest BCUT2D eigenvalue weighted by Gasteiger charge is 2.33. The molecule has 2 amide bonds. The number of carbonyl (C=O) groups excluding carboxylic acids is 2. The van der Waals surface area contributed by atoms with E-state index >= 15 is 0 Å². The van der Waals surface area contributed by atoms with Crippen molar-refractivity contribution in [3.8, 4) is 16.2 Å².